The van der Waals surface area contributed by atoms with Gasteiger partial charge in [0.25, 0.3) is 5.56 Å². The highest BCUT2D eigenvalue weighted by Crippen LogP contribution is 2.11. The van der Waals surface area contributed by atoms with Gasteiger partial charge in [-0.15, -0.1) is 0 Å². The zero-order valence-corrected chi connectivity index (χ0v) is 13.2. The molecule has 0 radical (unpaired) electrons. The fourth-order valence-electron chi connectivity index (χ4n) is 2.48. The standard InChI is InChI=1S/C17H20N4O/c1-4-13-5-6-16-15(7-13)17(22)20(11-18-16)9-14-8-19-21(10-14)12(2)3/h5-8,10-12H,4,9H2,1-3H3. The molecule has 22 heavy (non-hydrogen) atoms. The second-order valence-electron chi connectivity index (χ2n) is 5.81. The van der Waals surface area contributed by atoms with E-state index in [0.717, 1.165) is 23.1 Å². The Labute approximate surface area is 129 Å². The number of aromatic nitrogens is 4. The van der Waals surface area contributed by atoms with Crippen LogP contribution in [0.15, 0.2) is 41.7 Å². The lowest BCUT2D eigenvalue weighted by Crippen LogP contribution is -2.21. The minimum absolute atomic E-state index is 0.00223. The van der Waals surface area contributed by atoms with Crippen LogP contribution in [0.4, 0.5) is 0 Å². The first-order chi connectivity index (χ1) is 10.6. The lowest BCUT2D eigenvalue weighted by Gasteiger charge is -2.06. The molecule has 0 aliphatic rings. The first kappa shape index (κ1) is 14.5. The van der Waals surface area contributed by atoms with Crippen molar-refractivity contribution < 1.29 is 0 Å². The second kappa shape index (κ2) is 5.75. The van der Waals surface area contributed by atoms with Crippen LogP contribution in [0.2, 0.25) is 0 Å². The van der Waals surface area contributed by atoms with Gasteiger partial charge in [-0.1, -0.05) is 13.0 Å². The highest BCUT2D eigenvalue weighted by atomic mass is 16.1. The van der Waals surface area contributed by atoms with Crippen molar-refractivity contribution >= 4 is 10.9 Å². The van der Waals surface area contributed by atoms with E-state index in [9.17, 15) is 4.79 Å². The topological polar surface area (TPSA) is 52.7 Å². The van der Waals surface area contributed by atoms with Crippen molar-refractivity contribution in [3.8, 4) is 0 Å². The monoisotopic (exact) mass is 296 g/mol. The van der Waals surface area contributed by atoms with Gasteiger partial charge in [0, 0.05) is 17.8 Å². The minimum Gasteiger partial charge on any atom is -0.294 e. The molecular formula is C17H20N4O. The third-order valence-corrected chi connectivity index (χ3v) is 3.83. The Morgan fingerprint density at radius 3 is 2.73 bits per heavy atom. The van der Waals surface area contributed by atoms with Crippen LogP contribution in [0, 0.1) is 0 Å². The lowest BCUT2D eigenvalue weighted by atomic mass is 10.1. The van der Waals surface area contributed by atoms with E-state index >= 15 is 0 Å². The quantitative estimate of drug-likeness (QED) is 0.744. The molecule has 114 valence electrons. The lowest BCUT2D eigenvalue weighted by molar-refractivity contribution is 0.531. The average Bonchev–Trinajstić information content (AvgIpc) is 2.99. The van der Waals surface area contributed by atoms with Gasteiger partial charge in [0.05, 0.1) is 30.0 Å². The molecule has 0 unspecified atom stereocenters. The zero-order valence-electron chi connectivity index (χ0n) is 13.2. The van der Waals surface area contributed by atoms with Crippen molar-refractivity contribution in [3.05, 3.63) is 58.4 Å². The normalized spacial score (nSPS) is 11.5. The summed E-state index contributed by atoms with van der Waals surface area (Å²) in [5.41, 5.74) is 2.90. The molecule has 0 fully saturated rings. The van der Waals surface area contributed by atoms with Crippen molar-refractivity contribution in [1.82, 2.24) is 19.3 Å². The second-order valence-corrected chi connectivity index (χ2v) is 5.81. The highest BCUT2D eigenvalue weighted by Gasteiger charge is 2.07. The van der Waals surface area contributed by atoms with Crippen molar-refractivity contribution in [3.63, 3.8) is 0 Å². The van der Waals surface area contributed by atoms with Crippen LogP contribution < -0.4 is 5.56 Å². The maximum atomic E-state index is 12.6. The molecule has 1 aromatic carbocycles. The van der Waals surface area contributed by atoms with Crippen molar-refractivity contribution in [2.24, 2.45) is 0 Å². The molecule has 0 saturated carbocycles. The smallest absolute Gasteiger partial charge is 0.261 e. The van der Waals surface area contributed by atoms with Gasteiger partial charge in [0.2, 0.25) is 0 Å². The van der Waals surface area contributed by atoms with Crippen LogP contribution in [0.1, 0.15) is 37.9 Å². The summed E-state index contributed by atoms with van der Waals surface area (Å²) >= 11 is 0. The molecule has 0 aliphatic carbocycles. The van der Waals surface area contributed by atoms with E-state index in [1.807, 2.05) is 29.1 Å². The molecule has 2 aromatic heterocycles. The maximum absolute atomic E-state index is 12.6. The Kier molecular flexibility index (Phi) is 3.79. The number of hydrogen-bond donors (Lipinski definition) is 0. The van der Waals surface area contributed by atoms with Crippen LogP contribution in [0.3, 0.4) is 0 Å². The Hall–Kier alpha value is -2.43. The molecule has 0 N–H and O–H groups in total. The van der Waals surface area contributed by atoms with E-state index in [1.54, 1.807) is 17.1 Å². The molecule has 5 heteroatoms. The fourth-order valence-corrected chi connectivity index (χ4v) is 2.48. The van der Waals surface area contributed by atoms with Gasteiger partial charge in [-0.05, 0) is 38.0 Å². The average molecular weight is 296 g/mol. The number of hydrogen-bond acceptors (Lipinski definition) is 3. The maximum Gasteiger partial charge on any atom is 0.261 e. The Balaban J connectivity index is 1.99. The van der Waals surface area contributed by atoms with Gasteiger partial charge >= 0.3 is 0 Å². The van der Waals surface area contributed by atoms with Crippen molar-refractivity contribution in [1.29, 1.82) is 0 Å². The summed E-state index contributed by atoms with van der Waals surface area (Å²) in [4.78, 5) is 17.0. The van der Waals surface area contributed by atoms with Gasteiger partial charge in [-0.25, -0.2) is 4.98 Å². The summed E-state index contributed by atoms with van der Waals surface area (Å²) in [7, 11) is 0. The SMILES string of the molecule is CCc1ccc2ncn(Cc3cnn(C(C)C)c3)c(=O)c2c1. The molecule has 3 rings (SSSR count). The first-order valence-corrected chi connectivity index (χ1v) is 7.59. The van der Waals surface area contributed by atoms with Gasteiger partial charge in [0.15, 0.2) is 0 Å². The zero-order chi connectivity index (χ0) is 15.7. The van der Waals surface area contributed by atoms with Crippen LogP contribution in [-0.4, -0.2) is 19.3 Å². The Morgan fingerprint density at radius 1 is 1.23 bits per heavy atom. The summed E-state index contributed by atoms with van der Waals surface area (Å²) in [6.45, 7) is 6.72. The van der Waals surface area contributed by atoms with Crippen molar-refractivity contribution in [2.45, 2.75) is 39.8 Å². The van der Waals surface area contributed by atoms with Crippen molar-refractivity contribution in [2.75, 3.05) is 0 Å². The fraction of sp³-hybridized carbons (Fsp3) is 0.353. The number of fused-ring (bicyclic) bond motifs is 1. The van der Waals surface area contributed by atoms with E-state index < -0.39 is 0 Å². The van der Waals surface area contributed by atoms with Crippen LogP contribution >= 0.6 is 0 Å². The van der Waals surface area contributed by atoms with E-state index in [4.69, 9.17) is 0 Å². The largest absolute Gasteiger partial charge is 0.294 e. The van der Waals surface area contributed by atoms with E-state index in [2.05, 4.69) is 30.9 Å². The molecule has 2 heterocycles. The number of rotatable bonds is 4. The first-order valence-electron chi connectivity index (χ1n) is 7.59. The van der Waals surface area contributed by atoms with E-state index in [-0.39, 0.29) is 5.56 Å². The summed E-state index contributed by atoms with van der Waals surface area (Å²) < 4.78 is 3.54. The van der Waals surface area contributed by atoms with Gasteiger partial charge < -0.3 is 0 Å². The van der Waals surface area contributed by atoms with Crippen LogP contribution in [0.25, 0.3) is 10.9 Å². The van der Waals surface area contributed by atoms with Gasteiger partial charge in [0.1, 0.15) is 0 Å². The minimum atomic E-state index is -0.00223. The van der Waals surface area contributed by atoms with E-state index in [0.29, 0.717) is 18.0 Å². The summed E-state index contributed by atoms with van der Waals surface area (Å²) in [6.07, 6.45) is 6.30. The molecule has 5 nitrogen and oxygen atoms in total. The van der Waals surface area contributed by atoms with E-state index in [1.165, 1.54) is 0 Å². The molecule has 0 atom stereocenters. The number of aryl methyl sites for hydroxylation is 1. The predicted molar refractivity (Wildman–Crippen MR) is 87.1 cm³/mol. The summed E-state index contributed by atoms with van der Waals surface area (Å²) in [5.74, 6) is 0. The van der Waals surface area contributed by atoms with Crippen LogP contribution in [-0.2, 0) is 13.0 Å². The molecular weight excluding hydrogens is 276 g/mol. The number of nitrogens with zero attached hydrogens (tertiary/aromatic N) is 4. The summed E-state index contributed by atoms with van der Waals surface area (Å²) in [6, 6.07) is 6.19. The molecule has 0 bridgehead atoms. The number of benzene rings is 1. The molecule has 3 aromatic rings. The van der Waals surface area contributed by atoms with Crippen LogP contribution in [0.5, 0.6) is 0 Å². The molecule has 0 spiro atoms. The van der Waals surface area contributed by atoms with Gasteiger partial charge in [-0.3, -0.25) is 14.0 Å². The van der Waals surface area contributed by atoms with Gasteiger partial charge in [-0.2, -0.15) is 5.10 Å². The predicted octanol–water partition coefficient (Wildman–Crippen LogP) is 2.78. The molecule has 0 saturated heterocycles. The Bertz CT molecular complexity index is 860. The third-order valence-electron chi connectivity index (χ3n) is 3.83. The third kappa shape index (κ3) is 2.66. The highest BCUT2D eigenvalue weighted by molar-refractivity contribution is 5.78. The molecule has 0 aliphatic heterocycles. The molecule has 0 amide bonds. The Morgan fingerprint density at radius 2 is 2.05 bits per heavy atom. The summed E-state index contributed by atoms with van der Waals surface area (Å²) in [5, 5.41) is 4.99.